The molecule has 1 heterocycles. The maximum Gasteiger partial charge on any atom is 0.269 e. The molecule has 0 bridgehead atoms. The SMILES string of the molecule is O=Cc1csc(-c2ccc([N+](=O)[O-])cc2)n1. The molecule has 0 spiro atoms. The van der Waals surface area contributed by atoms with Gasteiger partial charge in [-0.1, -0.05) is 0 Å². The van der Waals surface area contributed by atoms with Crippen molar-refractivity contribution in [1.29, 1.82) is 0 Å². The molecule has 0 aliphatic rings. The number of thiazole rings is 1. The lowest BCUT2D eigenvalue weighted by Gasteiger charge is -1.95. The Balaban J connectivity index is 2.34. The van der Waals surface area contributed by atoms with E-state index < -0.39 is 4.92 Å². The zero-order valence-corrected chi connectivity index (χ0v) is 8.81. The van der Waals surface area contributed by atoms with Crippen LogP contribution in [0.25, 0.3) is 10.6 Å². The number of rotatable bonds is 3. The molecule has 2 rings (SSSR count). The molecule has 80 valence electrons. The van der Waals surface area contributed by atoms with Crippen molar-refractivity contribution in [1.82, 2.24) is 4.98 Å². The normalized spacial score (nSPS) is 10.0. The first-order valence-corrected chi connectivity index (χ1v) is 5.24. The first-order chi connectivity index (χ1) is 7.70. The van der Waals surface area contributed by atoms with Crippen molar-refractivity contribution >= 4 is 23.3 Å². The lowest BCUT2D eigenvalue weighted by molar-refractivity contribution is -0.384. The van der Waals surface area contributed by atoms with Gasteiger partial charge in [-0.15, -0.1) is 11.3 Å². The van der Waals surface area contributed by atoms with Crippen LogP contribution in [0.3, 0.4) is 0 Å². The minimum Gasteiger partial charge on any atom is -0.296 e. The van der Waals surface area contributed by atoms with Crippen LogP contribution in [0.2, 0.25) is 0 Å². The zero-order valence-electron chi connectivity index (χ0n) is 7.99. The summed E-state index contributed by atoms with van der Waals surface area (Å²) in [5, 5.41) is 12.8. The standard InChI is InChI=1S/C10H6N2O3S/c13-5-8-6-16-10(11-8)7-1-3-9(4-2-7)12(14)15/h1-6H. The van der Waals surface area contributed by atoms with E-state index in [4.69, 9.17) is 0 Å². The predicted octanol–water partition coefficient (Wildman–Crippen LogP) is 2.53. The average molecular weight is 234 g/mol. The van der Waals surface area contributed by atoms with Crippen LogP contribution in [-0.2, 0) is 0 Å². The van der Waals surface area contributed by atoms with Crippen LogP contribution >= 0.6 is 11.3 Å². The summed E-state index contributed by atoms with van der Waals surface area (Å²) in [5.74, 6) is 0. The molecule has 0 fully saturated rings. The number of hydrogen-bond donors (Lipinski definition) is 0. The molecule has 0 saturated heterocycles. The van der Waals surface area contributed by atoms with Gasteiger partial charge in [-0.3, -0.25) is 14.9 Å². The third-order valence-electron chi connectivity index (χ3n) is 1.97. The van der Waals surface area contributed by atoms with Crippen LogP contribution in [0, 0.1) is 10.1 Å². The van der Waals surface area contributed by atoms with Gasteiger partial charge >= 0.3 is 0 Å². The van der Waals surface area contributed by atoms with Crippen molar-refractivity contribution in [2.45, 2.75) is 0 Å². The molecule has 0 radical (unpaired) electrons. The largest absolute Gasteiger partial charge is 0.296 e. The number of non-ortho nitro benzene ring substituents is 1. The molecule has 0 unspecified atom stereocenters. The monoisotopic (exact) mass is 234 g/mol. The number of benzene rings is 1. The van der Waals surface area contributed by atoms with E-state index in [2.05, 4.69) is 4.98 Å². The van der Waals surface area contributed by atoms with Gasteiger partial charge in [0.1, 0.15) is 10.7 Å². The molecule has 0 aliphatic carbocycles. The van der Waals surface area contributed by atoms with Crippen molar-refractivity contribution in [2.75, 3.05) is 0 Å². The molecular weight excluding hydrogens is 228 g/mol. The predicted molar refractivity (Wildman–Crippen MR) is 59.6 cm³/mol. The molecule has 0 aliphatic heterocycles. The van der Waals surface area contributed by atoms with Crippen molar-refractivity contribution in [3.05, 3.63) is 45.5 Å². The third kappa shape index (κ3) is 1.96. The van der Waals surface area contributed by atoms with Crippen LogP contribution < -0.4 is 0 Å². The number of nitro groups is 1. The van der Waals surface area contributed by atoms with Gasteiger partial charge in [0.2, 0.25) is 0 Å². The summed E-state index contributed by atoms with van der Waals surface area (Å²) >= 11 is 1.33. The van der Waals surface area contributed by atoms with E-state index >= 15 is 0 Å². The topological polar surface area (TPSA) is 73.1 Å². The molecule has 0 atom stereocenters. The Morgan fingerprint density at radius 2 is 2.00 bits per heavy atom. The summed E-state index contributed by atoms with van der Waals surface area (Å²) in [7, 11) is 0. The van der Waals surface area contributed by atoms with Gasteiger partial charge in [0.05, 0.1) is 4.92 Å². The van der Waals surface area contributed by atoms with E-state index in [-0.39, 0.29) is 5.69 Å². The summed E-state index contributed by atoms with van der Waals surface area (Å²) in [6, 6.07) is 6.06. The highest BCUT2D eigenvalue weighted by Gasteiger charge is 2.07. The second-order valence-corrected chi connectivity index (χ2v) is 3.86. The summed E-state index contributed by atoms with van der Waals surface area (Å²) in [6.45, 7) is 0. The lowest BCUT2D eigenvalue weighted by atomic mass is 10.2. The highest BCUT2D eigenvalue weighted by molar-refractivity contribution is 7.13. The Labute approximate surface area is 94.5 Å². The Morgan fingerprint density at radius 1 is 1.31 bits per heavy atom. The summed E-state index contributed by atoms with van der Waals surface area (Å²) in [6.07, 6.45) is 0.672. The van der Waals surface area contributed by atoms with Crippen LogP contribution in [0.5, 0.6) is 0 Å². The molecular formula is C10H6N2O3S. The van der Waals surface area contributed by atoms with Crippen LogP contribution in [-0.4, -0.2) is 16.2 Å². The molecule has 0 N–H and O–H groups in total. The van der Waals surface area contributed by atoms with Crippen molar-refractivity contribution in [2.24, 2.45) is 0 Å². The highest BCUT2D eigenvalue weighted by Crippen LogP contribution is 2.25. The van der Waals surface area contributed by atoms with Crippen molar-refractivity contribution in [3.8, 4) is 10.6 Å². The first kappa shape index (κ1) is 10.4. The second kappa shape index (κ2) is 4.19. The Hall–Kier alpha value is -2.08. The fourth-order valence-corrected chi connectivity index (χ4v) is 1.97. The molecule has 2 aromatic rings. The van der Waals surface area contributed by atoms with E-state index in [1.165, 1.54) is 23.5 Å². The summed E-state index contributed by atoms with van der Waals surface area (Å²) in [5.41, 5.74) is 1.18. The van der Waals surface area contributed by atoms with Crippen molar-refractivity contribution < 1.29 is 9.72 Å². The van der Waals surface area contributed by atoms with Crippen LogP contribution in [0.1, 0.15) is 10.5 Å². The average Bonchev–Trinajstić information content (AvgIpc) is 2.77. The molecule has 1 aromatic carbocycles. The fourth-order valence-electron chi connectivity index (χ4n) is 1.20. The summed E-state index contributed by atoms with van der Waals surface area (Å²) < 4.78 is 0. The van der Waals surface area contributed by atoms with Gasteiger partial charge in [0, 0.05) is 23.1 Å². The molecule has 16 heavy (non-hydrogen) atoms. The molecule has 6 heteroatoms. The highest BCUT2D eigenvalue weighted by atomic mass is 32.1. The molecule has 0 amide bonds. The van der Waals surface area contributed by atoms with Gasteiger partial charge in [0.15, 0.2) is 6.29 Å². The maximum atomic E-state index is 10.4. The maximum absolute atomic E-state index is 10.4. The molecule has 0 saturated carbocycles. The van der Waals surface area contributed by atoms with Crippen LogP contribution in [0.4, 0.5) is 5.69 Å². The number of hydrogen-bond acceptors (Lipinski definition) is 5. The van der Waals surface area contributed by atoms with E-state index in [0.717, 1.165) is 5.56 Å². The minimum absolute atomic E-state index is 0.0379. The number of carbonyl (C=O) groups is 1. The summed E-state index contributed by atoms with van der Waals surface area (Å²) in [4.78, 5) is 24.5. The van der Waals surface area contributed by atoms with E-state index in [1.807, 2.05) is 0 Å². The number of nitrogens with zero attached hydrogens (tertiary/aromatic N) is 2. The lowest BCUT2D eigenvalue weighted by Crippen LogP contribution is -1.87. The van der Waals surface area contributed by atoms with Gasteiger partial charge in [-0.2, -0.15) is 0 Å². The van der Waals surface area contributed by atoms with E-state index in [0.29, 0.717) is 17.0 Å². The first-order valence-electron chi connectivity index (χ1n) is 4.36. The fraction of sp³-hybridized carbons (Fsp3) is 0. The van der Waals surface area contributed by atoms with Gasteiger partial charge in [-0.25, -0.2) is 4.98 Å². The van der Waals surface area contributed by atoms with Gasteiger partial charge < -0.3 is 0 Å². The smallest absolute Gasteiger partial charge is 0.269 e. The Kier molecular flexibility index (Phi) is 2.74. The molecule has 1 aromatic heterocycles. The Morgan fingerprint density at radius 3 is 2.50 bits per heavy atom. The van der Waals surface area contributed by atoms with Gasteiger partial charge in [-0.05, 0) is 12.1 Å². The van der Waals surface area contributed by atoms with E-state index in [1.54, 1.807) is 17.5 Å². The minimum atomic E-state index is -0.456. The van der Waals surface area contributed by atoms with Crippen LogP contribution in [0.15, 0.2) is 29.6 Å². The molecule has 5 nitrogen and oxygen atoms in total. The number of carbonyl (C=O) groups excluding carboxylic acids is 1. The zero-order chi connectivity index (χ0) is 11.5. The third-order valence-corrected chi connectivity index (χ3v) is 2.88. The van der Waals surface area contributed by atoms with E-state index in [9.17, 15) is 14.9 Å². The number of nitro benzene ring substituents is 1. The number of aromatic nitrogens is 1. The Bertz CT molecular complexity index is 533. The van der Waals surface area contributed by atoms with Gasteiger partial charge in [0.25, 0.3) is 5.69 Å². The number of aldehydes is 1. The quantitative estimate of drug-likeness (QED) is 0.464. The second-order valence-electron chi connectivity index (χ2n) is 3.00. The van der Waals surface area contributed by atoms with Crippen molar-refractivity contribution in [3.63, 3.8) is 0 Å².